The number of rotatable bonds is 4. The van der Waals surface area contributed by atoms with Crippen LogP contribution in [0.4, 0.5) is 13.6 Å². The molecule has 0 aliphatic carbocycles. The van der Waals surface area contributed by atoms with Gasteiger partial charge in [0.25, 0.3) is 6.43 Å². The van der Waals surface area contributed by atoms with Crippen LogP contribution in [0.5, 0.6) is 0 Å². The Morgan fingerprint density at radius 1 is 1.42 bits per heavy atom. The van der Waals surface area contributed by atoms with Crippen molar-refractivity contribution in [3.63, 3.8) is 0 Å². The first-order chi connectivity index (χ1) is 12.1. The number of alkyl halides is 2. The third-order valence-corrected chi connectivity index (χ3v) is 3.73. The van der Waals surface area contributed by atoms with Crippen molar-refractivity contribution in [2.24, 2.45) is 0 Å². The third-order valence-electron chi connectivity index (χ3n) is 3.73. The van der Waals surface area contributed by atoms with E-state index in [1.54, 1.807) is 24.1 Å². The monoisotopic (exact) mass is 366 g/mol. The Morgan fingerprint density at radius 2 is 2.12 bits per heavy atom. The fourth-order valence-electron chi connectivity index (χ4n) is 2.46. The van der Waals surface area contributed by atoms with Gasteiger partial charge < -0.3 is 9.64 Å². The van der Waals surface area contributed by atoms with Crippen molar-refractivity contribution in [1.82, 2.24) is 19.7 Å². The third kappa shape index (κ3) is 5.00. The molecule has 2 rings (SSSR count). The maximum absolute atomic E-state index is 12.7. The first-order valence-corrected chi connectivity index (χ1v) is 8.33. The Labute approximate surface area is 151 Å². The number of allylic oxidation sites excluding steroid dienone is 2. The largest absolute Gasteiger partial charge is 0.444 e. The Hall–Kier alpha value is -2.51. The molecule has 6 nitrogen and oxygen atoms in total. The molecule has 8 heteroatoms. The molecule has 0 N–H and O–H groups in total. The molecule has 0 bridgehead atoms. The molecule has 0 fully saturated rings. The summed E-state index contributed by atoms with van der Waals surface area (Å²) in [6.45, 7) is 11.8. The lowest BCUT2D eigenvalue weighted by Crippen LogP contribution is -2.39. The summed E-state index contributed by atoms with van der Waals surface area (Å²) in [4.78, 5) is 17.5. The summed E-state index contributed by atoms with van der Waals surface area (Å²) in [6.07, 6.45) is 2.69. The van der Waals surface area contributed by atoms with Crippen LogP contribution >= 0.6 is 0 Å². The second-order valence-electron chi connectivity index (χ2n) is 6.96. The summed E-state index contributed by atoms with van der Waals surface area (Å²) >= 11 is 0. The summed E-state index contributed by atoms with van der Waals surface area (Å²) < 4.78 is 32.1. The SMILES string of the molecule is C=C/C(=C\n1nc(C(F)F)nc1C)C1=CCN(C(=O)OC(C)(C)C)CC1. The highest BCUT2D eigenvalue weighted by Gasteiger charge is 2.24. The standard InChI is InChI=1S/C18H24F2N4O2/c1-6-13(11-24-12(2)21-16(22-24)15(19)20)14-7-9-23(10-8-14)17(25)26-18(3,4)5/h6-7,11,15H,1,8-10H2,2-5H3/b13-11+. The predicted octanol–water partition coefficient (Wildman–Crippen LogP) is 4.12. The molecule has 0 radical (unpaired) electrons. The lowest BCUT2D eigenvalue weighted by molar-refractivity contribution is 0.0266. The van der Waals surface area contributed by atoms with Gasteiger partial charge in [-0.1, -0.05) is 18.7 Å². The number of carbonyl (C=O) groups is 1. The van der Waals surface area contributed by atoms with Gasteiger partial charge in [0.1, 0.15) is 11.4 Å². The van der Waals surface area contributed by atoms with Gasteiger partial charge in [0, 0.05) is 19.3 Å². The second-order valence-corrected chi connectivity index (χ2v) is 6.96. The molecule has 2 heterocycles. The van der Waals surface area contributed by atoms with Crippen LogP contribution in [-0.4, -0.2) is 44.4 Å². The fraction of sp³-hybridized carbons (Fsp3) is 0.500. The number of ether oxygens (including phenoxy) is 1. The van der Waals surface area contributed by atoms with Crippen LogP contribution in [-0.2, 0) is 4.74 Å². The number of aryl methyl sites for hydroxylation is 1. The molecule has 0 spiro atoms. The number of hydrogen-bond donors (Lipinski definition) is 0. The Bertz CT molecular complexity index is 745. The van der Waals surface area contributed by atoms with Gasteiger partial charge in [-0.3, -0.25) is 0 Å². The molecule has 1 aromatic heterocycles. The maximum atomic E-state index is 12.7. The summed E-state index contributed by atoms with van der Waals surface area (Å²) in [5.74, 6) is -0.137. The van der Waals surface area contributed by atoms with Gasteiger partial charge in [-0.2, -0.15) is 0 Å². The van der Waals surface area contributed by atoms with Crippen molar-refractivity contribution in [2.45, 2.75) is 46.1 Å². The molecule has 0 atom stereocenters. The van der Waals surface area contributed by atoms with E-state index in [9.17, 15) is 13.6 Å². The molecular formula is C18H24F2N4O2. The molecule has 142 valence electrons. The molecule has 0 unspecified atom stereocenters. The molecule has 0 saturated carbocycles. The second kappa shape index (κ2) is 7.80. The van der Waals surface area contributed by atoms with Gasteiger partial charge in [-0.25, -0.2) is 23.2 Å². The molecule has 0 aromatic carbocycles. The van der Waals surface area contributed by atoms with E-state index >= 15 is 0 Å². The zero-order valence-corrected chi connectivity index (χ0v) is 15.5. The summed E-state index contributed by atoms with van der Waals surface area (Å²) in [5.41, 5.74) is 1.18. The average Bonchev–Trinajstić information content (AvgIpc) is 2.92. The molecule has 1 amide bonds. The average molecular weight is 366 g/mol. The first-order valence-electron chi connectivity index (χ1n) is 8.33. The fourth-order valence-corrected chi connectivity index (χ4v) is 2.46. The van der Waals surface area contributed by atoms with Crippen LogP contribution in [0.15, 0.2) is 29.9 Å². The minimum absolute atomic E-state index is 0.356. The minimum atomic E-state index is -2.72. The summed E-state index contributed by atoms with van der Waals surface area (Å²) in [7, 11) is 0. The topological polar surface area (TPSA) is 60.2 Å². The number of hydrogen-bond acceptors (Lipinski definition) is 4. The van der Waals surface area contributed by atoms with Gasteiger partial charge in [-0.15, -0.1) is 5.10 Å². The van der Waals surface area contributed by atoms with Crippen LogP contribution in [0, 0.1) is 6.92 Å². The summed E-state index contributed by atoms with van der Waals surface area (Å²) in [5, 5.41) is 3.79. The molecule has 1 aliphatic heterocycles. The van der Waals surface area contributed by atoms with Crippen molar-refractivity contribution in [1.29, 1.82) is 0 Å². The quantitative estimate of drug-likeness (QED) is 0.752. The van der Waals surface area contributed by atoms with Gasteiger partial charge in [0.05, 0.1) is 0 Å². The number of nitrogens with zero attached hydrogens (tertiary/aromatic N) is 4. The van der Waals surface area contributed by atoms with Crippen LogP contribution < -0.4 is 0 Å². The van der Waals surface area contributed by atoms with Crippen molar-refractivity contribution >= 4 is 12.3 Å². The Morgan fingerprint density at radius 3 is 2.58 bits per heavy atom. The van der Waals surface area contributed by atoms with Crippen LogP contribution in [0.3, 0.4) is 0 Å². The molecular weight excluding hydrogens is 342 g/mol. The minimum Gasteiger partial charge on any atom is -0.444 e. The van der Waals surface area contributed by atoms with E-state index in [-0.39, 0.29) is 6.09 Å². The zero-order chi connectivity index (χ0) is 19.5. The number of halogens is 2. The van der Waals surface area contributed by atoms with E-state index in [1.807, 2.05) is 26.8 Å². The predicted molar refractivity (Wildman–Crippen MR) is 94.7 cm³/mol. The van der Waals surface area contributed by atoms with E-state index in [1.165, 1.54) is 4.68 Å². The van der Waals surface area contributed by atoms with Crippen LogP contribution in [0.1, 0.15) is 45.3 Å². The van der Waals surface area contributed by atoms with Crippen molar-refractivity contribution in [2.75, 3.05) is 13.1 Å². The number of aromatic nitrogens is 3. The lowest BCUT2D eigenvalue weighted by Gasteiger charge is -2.29. The highest BCUT2D eigenvalue weighted by atomic mass is 19.3. The van der Waals surface area contributed by atoms with Gasteiger partial charge in [-0.05, 0) is 45.3 Å². The lowest BCUT2D eigenvalue weighted by atomic mass is 10.0. The maximum Gasteiger partial charge on any atom is 0.410 e. The van der Waals surface area contributed by atoms with Crippen LogP contribution in [0.25, 0.3) is 6.20 Å². The molecule has 0 saturated heterocycles. The molecule has 1 aromatic rings. The van der Waals surface area contributed by atoms with E-state index in [4.69, 9.17) is 4.74 Å². The Balaban J connectivity index is 2.14. The highest BCUT2D eigenvalue weighted by Crippen LogP contribution is 2.23. The van der Waals surface area contributed by atoms with Crippen molar-refractivity contribution in [3.8, 4) is 0 Å². The normalized spacial score (nSPS) is 15.9. The van der Waals surface area contributed by atoms with Crippen LogP contribution in [0.2, 0.25) is 0 Å². The number of carbonyl (C=O) groups excluding carboxylic acids is 1. The first kappa shape index (κ1) is 19.8. The Kier molecular flexibility index (Phi) is 5.94. The van der Waals surface area contributed by atoms with Crippen molar-refractivity contribution in [3.05, 3.63) is 41.5 Å². The van der Waals surface area contributed by atoms with Crippen molar-refractivity contribution < 1.29 is 18.3 Å². The zero-order valence-electron chi connectivity index (χ0n) is 15.5. The van der Waals surface area contributed by atoms with E-state index in [0.717, 1.165) is 11.1 Å². The van der Waals surface area contributed by atoms with Gasteiger partial charge >= 0.3 is 6.09 Å². The summed E-state index contributed by atoms with van der Waals surface area (Å²) in [6, 6.07) is 0. The number of amides is 1. The molecule has 1 aliphatic rings. The van der Waals surface area contributed by atoms with E-state index in [0.29, 0.717) is 25.3 Å². The van der Waals surface area contributed by atoms with E-state index in [2.05, 4.69) is 16.7 Å². The highest BCUT2D eigenvalue weighted by molar-refractivity contribution is 5.69. The van der Waals surface area contributed by atoms with Gasteiger partial charge in [0.2, 0.25) is 5.82 Å². The molecule has 26 heavy (non-hydrogen) atoms. The smallest absolute Gasteiger partial charge is 0.410 e. The van der Waals surface area contributed by atoms with Gasteiger partial charge in [0.15, 0.2) is 0 Å². The van der Waals surface area contributed by atoms with E-state index < -0.39 is 17.9 Å².